The van der Waals surface area contributed by atoms with E-state index in [9.17, 15) is 0 Å². The highest BCUT2D eigenvalue weighted by atomic mass is 35.5. The number of aromatic nitrogens is 3. The van der Waals surface area contributed by atoms with Gasteiger partial charge in [0.2, 0.25) is 0 Å². The Morgan fingerprint density at radius 2 is 2.37 bits per heavy atom. The Bertz CT molecular complexity index is 599. The Kier molecular flexibility index (Phi) is 3.65. The zero-order valence-electron chi connectivity index (χ0n) is 10.6. The highest BCUT2D eigenvalue weighted by Crippen LogP contribution is 2.32. The molecule has 2 atom stereocenters. The van der Waals surface area contributed by atoms with Crippen molar-refractivity contribution in [2.24, 2.45) is 5.92 Å². The van der Waals surface area contributed by atoms with Gasteiger partial charge in [0.25, 0.3) is 0 Å². The van der Waals surface area contributed by atoms with Gasteiger partial charge in [-0.1, -0.05) is 18.5 Å². The molecule has 0 aromatic carbocycles. The summed E-state index contributed by atoms with van der Waals surface area (Å²) in [4.78, 5) is 8.97. The first-order valence-corrected chi connectivity index (χ1v) is 7.28. The molecule has 3 heterocycles. The lowest BCUT2D eigenvalue weighted by atomic mass is 9.97. The molecule has 0 bridgehead atoms. The molecule has 1 aliphatic heterocycles. The number of pyridine rings is 1. The molecule has 19 heavy (non-hydrogen) atoms. The Labute approximate surface area is 121 Å². The van der Waals surface area contributed by atoms with Gasteiger partial charge in [-0.25, -0.2) is 9.97 Å². The fourth-order valence-corrected chi connectivity index (χ4v) is 3.04. The SMILES string of the molecule is CC1COCCC1n1c(CCl)nc2cc(Cl)cnc21. The molecule has 1 saturated heterocycles. The maximum Gasteiger partial charge on any atom is 0.160 e. The molecule has 6 heteroatoms. The fourth-order valence-electron chi connectivity index (χ4n) is 2.70. The van der Waals surface area contributed by atoms with Gasteiger partial charge >= 0.3 is 0 Å². The van der Waals surface area contributed by atoms with E-state index in [1.54, 1.807) is 6.20 Å². The van der Waals surface area contributed by atoms with Crippen molar-refractivity contribution in [1.82, 2.24) is 14.5 Å². The molecule has 0 radical (unpaired) electrons. The second-order valence-corrected chi connectivity index (χ2v) is 5.64. The van der Waals surface area contributed by atoms with Gasteiger partial charge in [-0.2, -0.15) is 0 Å². The van der Waals surface area contributed by atoms with Gasteiger partial charge in [0.15, 0.2) is 5.65 Å². The number of nitrogens with zero attached hydrogens (tertiary/aromatic N) is 3. The second-order valence-electron chi connectivity index (χ2n) is 4.94. The van der Waals surface area contributed by atoms with E-state index >= 15 is 0 Å². The summed E-state index contributed by atoms with van der Waals surface area (Å²) in [7, 11) is 0. The lowest BCUT2D eigenvalue weighted by Crippen LogP contribution is -2.29. The molecule has 2 unspecified atom stereocenters. The van der Waals surface area contributed by atoms with Gasteiger partial charge in [-0.05, 0) is 12.5 Å². The molecular weight excluding hydrogens is 285 g/mol. The van der Waals surface area contributed by atoms with Crippen LogP contribution in [0.2, 0.25) is 5.02 Å². The summed E-state index contributed by atoms with van der Waals surface area (Å²) in [5, 5.41) is 0.596. The van der Waals surface area contributed by atoms with Crippen molar-refractivity contribution in [1.29, 1.82) is 0 Å². The Morgan fingerprint density at radius 3 is 3.11 bits per heavy atom. The first-order valence-electron chi connectivity index (χ1n) is 6.36. The number of rotatable bonds is 2. The van der Waals surface area contributed by atoms with Gasteiger partial charge in [-0.15, -0.1) is 11.6 Å². The van der Waals surface area contributed by atoms with Crippen LogP contribution in [0, 0.1) is 5.92 Å². The maximum atomic E-state index is 6.03. The smallest absolute Gasteiger partial charge is 0.160 e. The van der Waals surface area contributed by atoms with Gasteiger partial charge in [-0.3, -0.25) is 0 Å². The van der Waals surface area contributed by atoms with Crippen molar-refractivity contribution in [3.8, 4) is 0 Å². The van der Waals surface area contributed by atoms with Crippen LogP contribution in [0.25, 0.3) is 11.2 Å². The van der Waals surface area contributed by atoms with Crippen LogP contribution in [0.15, 0.2) is 12.3 Å². The van der Waals surface area contributed by atoms with Gasteiger partial charge in [0.05, 0.1) is 17.5 Å². The molecule has 1 aliphatic rings. The summed E-state index contributed by atoms with van der Waals surface area (Å²) in [6, 6.07) is 2.17. The fraction of sp³-hybridized carbons (Fsp3) is 0.538. The van der Waals surface area contributed by atoms with Crippen LogP contribution in [-0.2, 0) is 10.6 Å². The molecular formula is C13H15Cl2N3O. The largest absolute Gasteiger partial charge is 0.381 e. The van der Waals surface area contributed by atoms with Crippen molar-refractivity contribution in [3.05, 3.63) is 23.1 Å². The number of hydrogen-bond acceptors (Lipinski definition) is 3. The van der Waals surface area contributed by atoms with Crippen molar-refractivity contribution in [2.75, 3.05) is 13.2 Å². The number of imidazole rings is 1. The minimum Gasteiger partial charge on any atom is -0.381 e. The topological polar surface area (TPSA) is 39.9 Å². The first kappa shape index (κ1) is 13.2. The zero-order chi connectivity index (χ0) is 13.4. The molecule has 0 aliphatic carbocycles. The molecule has 4 nitrogen and oxygen atoms in total. The van der Waals surface area contributed by atoms with Crippen molar-refractivity contribution in [3.63, 3.8) is 0 Å². The number of hydrogen-bond donors (Lipinski definition) is 0. The van der Waals surface area contributed by atoms with E-state index in [1.807, 2.05) is 6.07 Å². The van der Waals surface area contributed by atoms with Crippen molar-refractivity contribution < 1.29 is 4.74 Å². The van der Waals surface area contributed by atoms with E-state index in [2.05, 4.69) is 21.5 Å². The van der Waals surface area contributed by atoms with Crippen LogP contribution in [0.1, 0.15) is 25.2 Å². The zero-order valence-corrected chi connectivity index (χ0v) is 12.2. The third kappa shape index (κ3) is 2.33. The molecule has 0 N–H and O–H groups in total. The normalized spacial score (nSPS) is 23.9. The van der Waals surface area contributed by atoms with Crippen LogP contribution in [0.3, 0.4) is 0 Å². The second kappa shape index (κ2) is 5.27. The highest BCUT2D eigenvalue weighted by Gasteiger charge is 2.27. The summed E-state index contributed by atoms with van der Waals surface area (Å²) in [5.41, 5.74) is 1.67. The molecule has 1 fully saturated rings. The number of fused-ring (bicyclic) bond motifs is 1. The predicted molar refractivity (Wildman–Crippen MR) is 75.7 cm³/mol. The maximum absolute atomic E-state index is 6.03. The third-order valence-electron chi connectivity index (χ3n) is 3.62. The number of alkyl halides is 1. The molecule has 2 aromatic rings. The van der Waals surface area contributed by atoms with Crippen LogP contribution in [0.5, 0.6) is 0 Å². The van der Waals surface area contributed by atoms with Gasteiger partial charge < -0.3 is 9.30 Å². The van der Waals surface area contributed by atoms with Gasteiger partial charge in [0, 0.05) is 24.8 Å². The summed E-state index contributed by atoms with van der Waals surface area (Å²) in [5.74, 6) is 1.65. The Morgan fingerprint density at radius 1 is 1.53 bits per heavy atom. The van der Waals surface area contributed by atoms with E-state index in [1.165, 1.54) is 0 Å². The lowest BCUT2D eigenvalue weighted by Gasteiger charge is -2.31. The quantitative estimate of drug-likeness (QED) is 0.798. The van der Waals surface area contributed by atoms with E-state index in [0.29, 0.717) is 22.9 Å². The van der Waals surface area contributed by atoms with Crippen LogP contribution in [0.4, 0.5) is 0 Å². The summed E-state index contributed by atoms with van der Waals surface area (Å²) >= 11 is 12.0. The van der Waals surface area contributed by atoms with E-state index in [0.717, 1.165) is 36.6 Å². The minimum atomic E-state index is 0.334. The summed E-state index contributed by atoms with van der Waals surface area (Å²) < 4.78 is 7.67. The van der Waals surface area contributed by atoms with E-state index in [4.69, 9.17) is 27.9 Å². The number of halogens is 2. The highest BCUT2D eigenvalue weighted by molar-refractivity contribution is 6.31. The lowest BCUT2D eigenvalue weighted by molar-refractivity contribution is 0.0290. The standard InChI is InChI=1S/C13H15Cl2N3O/c1-8-7-19-3-2-11(8)18-12(5-14)17-10-4-9(15)6-16-13(10)18/h4,6,8,11H,2-3,5,7H2,1H3. The third-order valence-corrected chi connectivity index (χ3v) is 4.06. The summed E-state index contributed by atoms with van der Waals surface area (Å²) in [6.07, 6.45) is 2.62. The predicted octanol–water partition coefficient (Wildman–Crippen LogP) is 3.42. The number of ether oxygens (including phenoxy) is 1. The van der Waals surface area contributed by atoms with E-state index < -0.39 is 0 Å². The molecule has 0 saturated carbocycles. The minimum absolute atomic E-state index is 0.334. The average molecular weight is 300 g/mol. The van der Waals surface area contributed by atoms with Crippen molar-refractivity contribution in [2.45, 2.75) is 25.3 Å². The Balaban J connectivity index is 2.14. The molecule has 3 rings (SSSR count). The van der Waals surface area contributed by atoms with Gasteiger partial charge in [0.1, 0.15) is 11.3 Å². The molecule has 102 valence electrons. The summed E-state index contributed by atoms with van der Waals surface area (Å²) in [6.45, 7) is 3.72. The molecule has 0 spiro atoms. The van der Waals surface area contributed by atoms with Crippen LogP contribution < -0.4 is 0 Å². The first-order chi connectivity index (χ1) is 9.20. The van der Waals surface area contributed by atoms with Crippen LogP contribution >= 0.6 is 23.2 Å². The van der Waals surface area contributed by atoms with Crippen LogP contribution in [-0.4, -0.2) is 27.7 Å². The van der Waals surface area contributed by atoms with E-state index in [-0.39, 0.29) is 0 Å². The average Bonchev–Trinajstić information content (AvgIpc) is 2.76. The molecule has 0 amide bonds. The molecule has 2 aromatic heterocycles. The Hall–Kier alpha value is -0.840. The van der Waals surface area contributed by atoms with Crippen molar-refractivity contribution >= 4 is 34.4 Å². The monoisotopic (exact) mass is 299 g/mol.